The number of fused-ring (bicyclic) bond motifs is 1. The Hall–Kier alpha value is -2.47. The highest BCUT2D eigenvalue weighted by molar-refractivity contribution is 9.10. The maximum atomic E-state index is 12.8. The maximum absolute atomic E-state index is 12.8. The first-order valence-electron chi connectivity index (χ1n) is 8.65. The highest BCUT2D eigenvalue weighted by Gasteiger charge is 2.25. The van der Waals surface area contributed by atoms with E-state index in [0.717, 1.165) is 40.1 Å². The molecule has 0 atom stereocenters. The van der Waals surface area contributed by atoms with Crippen LogP contribution in [0.3, 0.4) is 0 Å². The summed E-state index contributed by atoms with van der Waals surface area (Å²) < 4.78 is 0.837. The van der Waals surface area contributed by atoms with Crippen molar-refractivity contribution in [1.82, 2.24) is 14.9 Å². The number of aromatic nitrogens is 2. The second kappa shape index (κ2) is 7.03. The van der Waals surface area contributed by atoms with Crippen molar-refractivity contribution in [1.29, 1.82) is 0 Å². The van der Waals surface area contributed by atoms with E-state index < -0.39 is 0 Å². The van der Waals surface area contributed by atoms with E-state index in [2.05, 4.69) is 25.8 Å². The molecule has 1 saturated heterocycles. The number of para-hydroxylation sites is 2. The number of nitrogens with zero attached hydrogens (tertiary/aromatic N) is 4. The van der Waals surface area contributed by atoms with Crippen LogP contribution >= 0.6 is 15.9 Å². The molecule has 2 heterocycles. The third kappa shape index (κ3) is 3.17. The summed E-state index contributed by atoms with van der Waals surface area (Å²) in [4.78, 5) is 26.3. The normalized spacial score (nSPS) is 14.7. The third-order valence-electron chi connectivity index (χ3n) is 4.69. The fourth-order valence-corrected chi connectivity index (χ4v) is 3.76. The zero-order valence-corrected chi connectivity index (χ0v) is 16.1. The first-order chi connectivity index (χ1) is 12.6. The Morgan fingerprint density at radius 3 is 2.23 bits per heavy atom. The van der Waals surface area contributed by atoms with E-state index in [-0.39, 0.29) is 5.91 Å². The molecule has 0 radical (unpaired) electrons. The van der Waals surface area contributed by atoms with Gasteiger partial charge in [-0.05, 0) is 47.1 Å². The number of hydrogen-bond donors (Lipinski definition) is 0. The van der Waals surface area contributed by atoms with Crippen LogP contribution in [-0.2, 0) is 0 Å². The van der Waals surface area contributed by atoms with Crippen LogP contribution in [0.1, 0.15) is 16.1 Å². The summed E-state index contributed by atoms with van der Waals surface area (Å²) in [6, 6.07) is 15.5. The molecule has 2 aromatic carbocycles. The molecule has 6 heteroatoms. The van der Waals surface area contributed by atoms with Crippen molar-refractivity contribution in [2.75, 3.05) is 31.1 Å². The Morgan fingerprint density at radius 2 is 1.54 bits per heavy atom. The zero-order valence-electron chi connectivity index (χ0n) is 14.5. The van der Waals surface area contributed by atoms with Gasteiger partial charge in [-0.25, -0.2) is 9.97 Å². The van der Waals surface area contributed by atoms with Gasteiger partial charge in [-0.1, -0.05) is 24.3 Å². The predicted molar refractivity (Wildman–Crippen MR) is 107 cm³/mol. The lowest BCUT2D eigenvalue weighted by molar-refractivity contribution is 0.0745. The van der Waals surface area contributed by atoms with E-state index in [4.69, 9.17) is 4.98 Å². The maximum Gasteiger partial charge on any atom is 0.255 e. The number of amides is 1. The van der Waals surface area contributed by atoms with Crippen molar-refractivity contribution >= 4 is 38.7 Å². The summed E-state index contributed by atoms with van der Waals surface area (Å²) in [5, 5.41) is 0. The lowest BCUT2D eigenvalue weighted by Crippen LogP contribution is -2.49. The Bertz CT molecular complexity index is 967. The van der Waals surface area contributed by atoms with Crippen LogP contribution < -0.4 is 4.90 Å². The largest absolute Gasteiger partial charge is 0.352 e. The Labute approximate surface area is 160 Å². The van der Waals surface area contributed by atoms with Gasteiger partial charge in [0, 0.05) is 30.7 Å². The second-order valence-corrected chi connectivity index (χ2v) is 7.23. The van der Waals surface area contributed by atoms with Crippen molar-refractivity contribution < 1.29 is 4.79 Å². The average molecular weight is 411 g/mol. The van der Waals surface area contributed by atoms with Gasteiger partial charge in [0.15, 0.2) is 5.82 Å². The standard InChI is InChI=1S/C20H19BrN4O/c1-14-19(23-18-9-5-4-8-17(18)22-14)24-10-12-25(13-11-24)20(26)15-6-2-3-7-16(15)21/h2-9H,10-13H2,1H3. The molecule has 0 bridgehead atoms. The average Bonchev–Trinajstić information content (AvgIpc) is 2.67. The molecule has 26 heavy (non-hydrogen) atoms. The van der Waals surface area contributed by atoms with Crippen molar-refractivity contribution in [3.05, 3.63) is 64.3 Å². The summed E-state index contributed by atoms with van der Waals surface area (Å²) in [5.41, 5.74) is 3.45. The third-order valence-corrected chi connectivity index (χ3v) is 5.38. The molecule has 3 aromatic rings. The molecule has 1 amide bonds. The molecule has 0 aliphatic carbocycles. The van der Waals surface area contributed by atoms with E-state index in [1.54, 1.807) is 0 Å². The van der Waals surface area contributed by atoms with Gasteiger partial charge in [-0.2, -0.15) is 0 Å². The number of rotatable bonds is 2. The minimum Gasteiger partial charge on any atom is -0.352 e. The van der Waals surface area contributed by atoms with E-state index >= 15 is 0 Å². The van der Waals surface area contributed by atoms with E-state index in [1.807, 2.05) is 60.4 Å². The summed E-state index contributed by atoms with van der Waals surface area (Å²) in [5.74, 6) is 0.982. The first-order valence-corrected chi connectivity index (χ1v) is 9.45. The SMILES string of the molecule is Cc1nc2ccccc2nc1N1CCN(C(=O)c2ccccc2Br)CC1. The molecule has 132 valence electrons. The summed E-state index contributed by atoms with van der Waals surface area (Å²) in [7, 11) is 0. The minimum absolute atomic E-state index is 0.0680. The fraction of sp³-hybridized carbons (Fsp3) is 0.250. The quantitative estimate of drug-likeness (QED) is 0.646. The summed E-state index contributed by atoms with van der Waals surface area (Å²) in [6.07, 6.45) is 0. The molecule has 0 saturated carbocycles. The zero-order chi connectivity index (χ0) is 18.1. The van der Waals surface area contributed by atoms with Gasteiger partial charge in [0.25, 0.3) is 5.91 Å². The van der Waals surface area contributed by atoms with Crippen LogP contribution in [0.5, 0.6) is 0 Å². The van der Waals surface area contributed by atoms with Gasteiger partial charge < -0.3 is 9.80 Å². The Balaban J connectivity index is 1.51. The van der Waals surface area contributed by atoms with Gasteiger partial charge in [-0.3, -0.25) is 4.79 Å². The summed E-state index contributed by atoms with van der Waals surface area (Å²) in [6.45, 7) is 4.85. The molecule has 4 rings (SSSR count). The number of benzene rings is 2. The lowest BCUT2D eigenvalue weighted by atomic mass is 10.2. The number of carbonyl (C=O) groups is 1. The van der Waals surface area contributed by atoms with Crippen molar-refractivity contribution in [3.8, 4) is 0 Å². The molecule has 0 unspecified atom stereocenters. The van der Waals surface area contributed by atoms with Crippen LogP contribution in [-0.4, -0.2) is 47.0 Å². The number of aryl methyl sites for hydroxylation is 1. The van der Waals surface area contributed by atoms with Crippen LogP contribution in [0, 0.1) is 6.92 Å². The molecule has 5 nitrogen and oxygen atoms in total. The fourth-order valence-electron chi connectivity index (χ4n) is 3.30. The molecule has 1 aromatic heterocycles. The second-order valence-electron chi connectivity index (χ2n) is 6.38. The highest BCUT2D eigenvalue weighted by Crippen LogP contribution is 2.23. The number of piperazine rings is 1. The van der Waals surface area contributed by atoms with Crippen LogP contribution in [0.25, 0.3) is 11.0 Å². The number of halogens is 1. The Morgan fingerprint density at radius 1 is 0.923 bits per heavy atom. The van der Waals surface area contributed by atoms with E-state index in [9.17, 15) is 4.79 Å². The van der Waals surface area contributed by atoms with Crippen LogP contribution in [0.2, 0.25) is 0 Å². The molecular weight excluding hydrogens is 392 g/mol. The van der Waals surface area contributed by atoms with E-state index in [1.165, 1.54) is 0 Å². The summed E-state index contributed by atoms with van der Waals surface area (Å²) >= 11 is 3.47. The molecule has 0 spiro atoms. The van der Waals surface area contributed by atoms with Gasteiger partial charge >= 0.3 is 0 Å². The number of hydrogen-bond acceptors (Lipinski definition) is 4. The molecule has 1 aliphatic rings. The molecule has 1 fully saturated rings. The number of carbonyl (C=O) groups excluding carboxylic acids is 1. The van der Waals surface area contributed by atoms with Crippen molar-refractivity contribution in [3.63, 3.8) is 0 Å². The smallest absolute Gasteiger partial charge is 0.255 e. The Kier molecular flexibility index (Phi) is 4.59. The molecule has 1 aliphatic heterocycles. The lowest BCUT2D eigenvalue weighted by Gasteiger charge is -2.36. The molecule has 0 N–H and O–H groups in total. The number of anilines is 1. The predicted octanol–water partition coefficient (Wildman–Crippen LogP) is 3.66. The van der Waals surface area contributed by atoms with Crippen LogP contribution in [0.4, 0.5) is 5.82 Å². The molecular formula is C20H19BrN4O. The first kappa shape index (κ1) is 17.0. The van der Waals surface area contributed by atoms with E-state index in [0.29, 0.717) is 18.7 Å². The monoisotopic (exact) mass is 410 g/mol. The topological polar surface area (TPSA) is 49.3 Å². The van der Waals surface area contributed by atoms with Gasteiger partial charge in [0.05, 0.1) is 22.3 Å². The minimum atomic E-state index is 0.0680. The highest BCUT2D eigenvalue weighted by atomic mass is 79.9. The van der Waals surface area contributed by atoms with Crippen molar-refractivity contribution in [2.24, 2.45) is 0 Å². The van der Waals surface area contributed by atoms with Gasteiger partial charge in [-0.15, -0.1) is 0 Å². The van der Waals surface area contributed by atoms with Crippen LogP contribution in [0.15, 0.2) is 53.0 Å². The van der Waals surface area contributed by atoms with Gasteiger partial charge in [0.2, 0.25) is 0 Å². The van der Waals surface area contributed by atoms with Gasteiger partial charge in [0.1, 0.15) is 0 Å². The van der Waals surface area contributed by atoms with Crippen molar-refractivity contribution in [2.45, 2.75) is 6.92 Å².